The Kier molecular flexibility index (Phi) is 2.60. The van der Waals surface area contributed by atoms with Gasteiger partial charge in [0.2, 0.25) is 0 Å². The summed E-state index contributed by atoms with van der Waals surface area (Å²) in [7, 11) is 0. The molecule has 12 heavy (non-hydrogen) atoms. The van der Waals surface area contributed by atoms with Crippen LogP contribution in [-0.2, 0) is 0 Å². The van der Waals surface area contributed by atoms with Gasteiger partial charge in [-0.1, -0.05) is 6.07 Å². The number of hydrogen-bond donors (Lipinski definition) is 0. The molecular formula is C8H7BrN2O. The van der Waals surface area contributed by atoms with E-state index < -0.39 is 0 Å². The SMILES string of the molecule is Br.O=c1ccn2ccccc2n1. The molecule has 0 amide bonds. The van der Waals surface area contributed by atoms with Gasteiger partial charge in [-0.3, -0.25) is 4.79 Å². The Labute approximate surface area is 79.5 Å². The predicted molar refractivity (Wildman–Crippen MR) is 51.8 cm³/mol. The van der Waals surface area contributed by atoms with E-state index in [0.29, 0.717) is 5.65 Å². The van der Waals surface area contributed by atoms with Crippen LogP contribution in [-0.4, -0.2) is 9.38 Å². The Morgan fingerprint density at radius 3 is 2.83 bits per heavy atom. The van der Waals surface area contributed by atoms with Gasteiger partial charge in [-0.25, -0.2) is 0 Å². The molecule has 2 aromatic heterocycles. The monoisotopic (exact) mass is 226 g/mol. The van der Waals surface area contributed by atoms with Crippen molar-refractivity contribution in [2.45, 2.75) is 0 Å². The molecule has 0 aliphatic heterocycles. The number of halogens is 1. The summed E-state index contributed by atoms with van der Waals surface area (Å²) in [6, 6.07) is 6.97. The van der Waals surface area contributed by atoms with Gasteiger partial charge >= 0.3 is 0 Å². The quantitative estimate of drug-likeness (QED) is 0.679. The third-order valence-electron chi connectivity index (χ3n) is 1.47. The van der Waals surface area contributed by atoms with E-state index in [4.69, 9.17) is 0 Å². The van der Waals surface area contributed by atoms with Crippen LogP contribution in [0.2, 0.25) is 0 Å². The molecule has 0 aromatic carbocycles. The van der Waals surface area contributed by atoms with Gasteiger partial charge in [0, 0.05) is 18.5 Å². The summed E-state index contributed by atoms with van der Waals surface area (Å²) in [5.41, 5.74) is 0.483. The van der Waals surface area contributed by atoms with Gasteiger partial charge in [-0.05, 0) is 12.1 Å². The van der Waals surface area contributed by atoms with Crippen LogP contribution >= 0.6 is 17.0 Å². The highest BCUT2D eigenvalue weighted by Gasteiger charge is 1.89. The molecule has 2 rings (SSSR count). The number of aromatic nitrogens is 2. The normalized spacial score (nSPS) is 9.33. The van der Waals surface area contributed by atoms with Crippen LogP contribution in [0.25, 0.3) is 5.65 Å². The van der Waals surface area contributed by atoms with E-state index in [2.05, 4.69) is 4.98 Å². The third-order valence-corrected chi connectivity index (χ3v) is 1.47. The average Bonchev–Trinajstić information content (AvgIpc) is 2.04. The van der Waals surface area contributed by atoms with Crippen LogP contribution in [0.1, 0.15) is 0 Å². The summed E-state index contributed by atoms with van der Waals surface area (Å²) in [4.78, 5) is 14.5. The first-order valence-corrected chi connectivity index (χ1v) is 3.30. The average molecular weight is 227 g/mol. The minimum Gasteiger partial charge on any atom is -0.308 e. The van der Waals surface area contributed by atoms with Crippen molar-refractivity contribution in [1.29, 1.82) is 0 Å². The summed E-state index contributed by atoms with van der Waals surface area (Å²) in [6.45, 7) is 0. The molecule has 0 saturated heterocycles. The van der Waals surface area contributed by atoms with Crippen LogP contribution in [0.15, 0.2) is 41.5 Å². The van der Waals surface area contributed by atoms with Gasteiger partial charge in [0.15, 0.2) is 0 Å². The van der Waals surface area contributed by atoms with E-state index in [9.17, 15) is 4.79 Å². The van der Waals surface area contributed by atoms with E-state index >= 15 is 0 Å². The zero-order valence-electron chi connectivity index (χ0n) is 6.18. The van der Waals surface area contributed by atoms with Crippen LogP contribution in [0.5, 0.6) is 0 Å². The molecule has 0 radical (unpaired) electrons. The molecule has 0 atom stereocenters. The van der Waals surface area contributed by atoms with Gasteiger partial charge in [0.25, 0.3) is 5.56 Å². The van der Waals surface area contributed by atoms with Crippen molar-refractivity contribution in [3.63, 3.8) is 0 Å². The molecular weight excluding hydrogens is 220 g/mol. The zero-order valence-corrected chi connectivity index (χ0v) is 7.89. The molecule has 4 heteroatoms. The highest BCUT2D eigenvalue weighted by molar-refractivity contribution is 8.93. The number of pyridine rings is 1. The van der Waals surface area contributed by atoms with Gasteiger partial charge in [-0.15, -0.1) is 17.0 Å². The largest absolute Gasteiger partial charge is 0.308 e. The fraction of sp³-hybridized carbons (Fsp3) is 0. The molecule has 0 aliphatic rings. The molecule has 0 saturated carbocycles. The van der Waals surface area contributed by atoms with Crippen molar-refractivity contribution in [3.05, 3.63) is 47.0 Å². The summed E-state index contributed by atoms with van der Waals surface area (Å²) in [6.07, 6.45) is 3.55. The number of rotatable bonds is 0. The van der Waals surface area contributed by atoms with Crippen LogP contribution < -0.4 is 5.56 Å². The fourth-order valence-electron chi connectivity index (χ4n) is 0.962. The maximum atomic E-state index is 10.8. The second-order valence-electron chi connectivity index (χ2n) is 2.23. The summed E-state index contributed by atoms with van der Waals surface area (Å²) in [5.74, 6) is 0. The van der Waals surface area contributed by atoms with Gasteiger partial charge in [0.1, 0.15) is 5.65 Å². The molecule has 0 bridgehead atoms. The summed E-state index contributed by atoms with van der Waals surface area (Å²) >= 11 is 0. The first-order chi connectivity index (χ1) is 5.36. The Bertz CT molecular complexity index is 438. The highest BCUT2D eigenvalue weighted by atomic mass is 79.9. The van der Waals surface area contributed by atoms with E-state index in [1.807, 2.05) is 18.3 Å². The standard InChI is InChI=1S/C8H6N2O.BrH/c11-8-4-6-10-5-2-1-3-7(10)9-8;/h1-6H;1H. The van der Waals surface area contributed by atoms with E-state index in [-0.39, 0.29) is 22.5 Å². The molecule has 0 N–H and O–H groups in total. The highest BCUT2D eigenvalue weighted by Crippen LogP contribution is 1.93. The Morgan fingerprint density at radius 2 is 2.00 bits per heavy atom. The minimum absolute atomic E-state index is 0. The smallest absolute Gasteiger partial charge is 0.273 e. The molecule has 2 aromatic rings. The van der Waals surface area contributed by atoms with Crippen molar-refractivity contribution in [2.75, 3.05) is 0 Å². The minimum atomic E-state index is -0.198. The predicted octanol–water partition coefficient (Wildman–Crippen LogP) is 1.27. The molecule has 2 heterocycles. The van der Waals surface area contributed by atoms with Crippen molar-refractivity contribution >= 4 is 22.6 Å². The van der Waals surface area contributed by atoms with Gasteiger partial charge in [0.05, 0.1) is 0 Å². The first-order valence-electron chi connectivity index (χ1n) is 3.30. The summed E-state index contributed by atoms with van der Waals surface area (Å²) in [5, 5.41) is 0. The molecule has 3 nitrogen and oxygen atoms in total. The third kappa shape index (κ3) is 1.53. The lowest BCUT2D eigenvalue weighted by Crippen LogP contribution is -2.05. The maximum Gasteiger partial charge on any atom is 0.273 e. The van der Waals surface area contributed by atoms with E-state index in [1.165, 1.54) is 6.07 Å². The van der Waals surface area contributed by atoms with Crippen molar-refractivity contribution in [3.8, 4) is 0 Å². The Morgan fingerprint density at radius 1 is 1.17 bits per heavy atom. The van der Waals surface area contributed by atoms with Crippen molar-refractivity contribution in [2.24, 2.45) is 0 Å². The molecule has 0 unspecified atom stereocenters. The van der Waals surface area contributed by atoms with Crippen molar-refractivity contribution < 1.29 is 0 Å². The van der Waals surface area contributed by atoms with Crippen LogP contribution in [0, 0.1) is 0 Å². The first kappa shape index (κ1) is 8.93. The lowest BCUT2D eigenvalue weighted by molar-refractivity contribution is 1.07. The number of nitrogens with zero attached hydrogens (tertiary/aromatic N) is 2. The van der Waals surface area contributed by atoms with Gasteiger partial charge < -0.3 is 4.40 Å². The Hall–Kier alpha value is -1.16. The van der Waals surface area contributed by atoms with Gasteiger partial charge in [-0.2, -0.15) is 4.98 Å². The second-order valence-corrected chi connectivity index (χ2v) is 2.23. The Balaban J connectivity index is 0.000000720. The fourth-order valence-corrected chi connectivity index (χ4v) is 0.962. The topological polar surface area (TPSA) is 34.4 Å². The lowest BCUT2D eigenvalue weighted by Gasteiger charge is -1.95. The van der Waals surface area contributed by atoms with Crippen LogP contribution in [0.4, 0.5) is 0 Å². The van der Waals surface area contributed by atoms with E-state index in [1.54, 1.807) is 16.7 Å². The number of fused-ring (bicyclic) bond motifs is 1. The second kappa shape index (κ2) is 3.49. The maximum absolute atomic E-state index is 10.8. The molecule has 0 spiro atoms. The van der Waals surface area contributed by atoms with Crippen molar-refractivity contribution in [1.82, 2.24) is 9.38 Å². The molecule has 0 aliphatic carbocycles. The summed E-state index contributed by atoms with van der Waals surface area (Å²) < 4.78 is 1.79. The lowest BCUT2D eigenvalue weighted by atomic mass is 10.4. The number of hydrogen-bond acceptors (Lipinski definition) is 2. The van der Waals surface area contributed by atoms with E-state index in [0.717, 1.165) is 0 Å². The molecule has 62 valence electrons. The molecule has 0 fully saturated rings. The zero-order chi connectivity index (χ0) is 7.68. The van der Waals surface area contributed by atoms with Crippen LogP contribution in [0.3, 0.4) is 0 Å².